The lowest BCUT2D eigenvalue weighted by Gasteiger charge is -2.39. The van der Waals surface area contributed by atoms with Crippen molar-refractivity contribution in [2.24, 2.45) is 0 Å². The Bertz CT molecular complexity index is 593. The summed E-state index contributed by atoms with van der Waals surface area (Å²) in [6.45, 7) is 8.14. The molecule has 1 fully saturated rings. The standard InChI is InChI=1S/C13H21N7/c1-4-14-13-16-11-10(7-15-18-11)12(17-13)20-6-5-19(3)8-9(20)2/h7,9H,4-6,8H2,1-3H3,(H2,14,15,16,17,18). The molecule has 2 aromatic heterocycles. The van der Waals surface area contributed by atoms with Gasteiger partial charge in [0.1, 0.15) is 5.82 Å². The maximum absolute atomic E-state index is 4.69. The first kappa shape index (κ1) is 13.1. The molecule has 1 saturated heterocycles. The van der Waals surface area contributed by atoms with Gasteiger partial charge in [-0.1, -0.05) is 0 Å². The summed E-state index contributed by atoms with van der Waals surface area (Å²) < 4.78 is 0. The summed E-state index contributed by atoms with van der Waals surface area (Å²) in [5.41, 5.74) is 0.789. The van der Waals surface area contributed by atoms with Crippen molar-refractivity contribution in [3.63, 3.8) is 0 Å². The van der Waals surface area contributed by atoms with Crippen LogP contribution in [0.5, 0.6) is 0 Å². The number of hydrogen-bond donors (Lipinski definition) is 2. The molecule has 2 aromatic rings. The molecule has 20 heavy (non-hydrogen) atoms. The van der Waals surface area contributed by atoms with Crippen molar-refractivity contribution in [1.29, 1.82) is 0 Å². The van der Waals surface area contributed by atoms with Crippen LogP contribution in [-0.4, -0.2) is 64.3 Å². The molecule has 0 saturated carbocycles. The van der Waals surface area contributed by atoms with Gasteiger partial charge in [0.25, 0.3) is 0 Å². The van der Waals surface area contributed by atoms with Crippen molar-refractivity contribution in [3.05, 3.63) is 6.20 Å². The van der Waals surface area contributed by atoms with E-state index in [9.17, 15) is 0 Å². The van der Waals surface area contributed by atoms with Crippen LogP contribution in [0.15, 0.2) is 6.20 Å². The topological polar surface area (TPSA) is 73.0 Å². The van der Waals surface area contributed by atoms with Gasteiger partial charge in [-0.3, -0.25) is 5.10 Å². The molecule has 7 heteroatoms. The van der Waals surface area contributed by atoms with Gasteiger partial charge in [0.05, 0.1) is 11.6 Å². The third-order valence-electron chi connectivity index (χ3n) is 3.73. The third kappa shape index (κ3) is 2.29. The summed E-state index contributed by atoms with van der Waals surface area (Å²) in [5.74, 6) is 1.63. The smallest absolute Gasteiger partial charge is 0.226 e. The minimum atomic E-state index is 0.427. The highest BCUT2D eigenvalue weighted by Crippen LogP contribution is 2.26. The molecule has 3 rings (SSSR count). The highest BCUT2D eigenvalue weighted by atomic mass is 15.3. The average molecular weight is 275 g/mol. The Hall–Kier alpha value is -1.89. The molecule has 0 aliphatic carbocycles. The summed E-state index contributed by atoms with van der Waals surface area (Å²) in [5, 5.41) is 11.2. The van der Waals surface area contributed by atoms with Gasteiger partial charge in [0.15, 0.2) is 5.65 Å². The van der Waals surface area contributed by atoms with Crippen molar-refractivity contribution in [1.82, 2.24) is 25.1 Å². The number of anilines is 2. The molecular formula is C13H21N7. The molecule has 1 unspecified atom stereocenters. The predicted molar refractivity (Wildman–Crippen MR) is 80.2 cm³/mol. The summed E-state index contributed by atoms with van der Waals surface area (Å²) in [7, 11) is 2.16. The van der Waals surface area contributed by atoms with E-state index in [0.29, 0.717) is 12.0 Å². The summed E-state index contributed by atoms with van der Waals surface area (Å²) >= 11 is 0. The van der Waals surface area contributed by atoms with Crippen LogP contribution < -0.4 is 10.2 Å². The predicted octanol–water partition coefficient (Wildman–Crippen LogP) is 0.925. The number of fused-ring (bicyclic) bond motifs is 1. The van der Waals surface area contributed by atoms with Crippen molar-refractivity contribution in [2.75, 3.05) is 43.4 Å². The fourth-order valence-electron chi connectivity index (χ4n) is 2.73. The van der Waals surface area contributed by atoms with Crippen LogP contribution in [0.2, 0.25) is 0 Å². The molecule has 0 radical (unpaired) electrons. The molecular weight excluding hydrogens is 254 g/mol. The fourth-order valence-corrected chi connectivity index (χ4v) is 2.73. The zero-order chi connectivity index (χ0) is 14.1. The molecule has 1 atom stereocenters. The van der Waals surface area contributed by atoms with Crippen LogP contribution in [0.25, 0.3) is 11.0 Å². The van der Waals surface area contributed by atoms with Crippen LogP contribution in [0.1, 0.15) is 13.8 Å². The van der Waals surface area contributed by atoms with Crippen molar-refractivity contribution in [3.8, 4) is 0 Å². The molecule has 108 valence electrons. The molecule has 2 N–H and O–H groups in total. The van der Waals surface area contributed by atoms with Crippen LogP contribution >= 0.6 is 0 Å². The second kappa shape index (κ2) is 5.24. The molecule has 1 aliphatic rings. The van der Waals surface area contributed by atoms with Gasteiger partial charge in [-0.05, 0) is 20.9 Å². The van der Waals surface area contributed by atoms with Gasteiger partial charge in [-0.25, -0.2) is 0 Å². The second-order valence-corrected chi connectivity index (χ2v) is 5.34. The van der Waals surface area contributed by atoms with Gasteiger partial charge in [-0.2, -0.15) is 15.1 Å². The maximum atomic E-state index is 4.69. The Balaban J connectivity index is 2.02. The number of nitrogens with one attached hydrogen (secondary N) is 2. The van der Waals surface area contributed by atoms with Crippen LogP contribution in [0.4, 0.5) is 11.8 Å². The van der Waals surface area contributed by atoms with Crippen molar-refractivity contribution in [2.45, 2.75) is 19.9 Å². The van der Waals surface area contributed by atoms with Crippen LogP contribution in [0.3, 0.4) is 0 Å². The Morgan fingerprint density at radius 2 is 2.25 bits per heavy atom. The zero-order valence-corrected chi connectivity index (χ0v) is 12.2. The van der Waals surface area contributed by atoms with Crippen LogP contribution in [0, 0.1) is 0 Å². The minimum absolute atomic E-state index is 0.427. The lowest BCUT2D eigenvalue weighted by atomic mass is 10.2. The van der Waals surface area contributed by atoms with E-state index in [1.807, 2.05) is 13.1 Å². The first-order chi connectivity index (χ1) is 9.69. The van der Waals surface area contributed by atoms with E-state index in [1.54, 1.807) is 0 Å². The number of aromatic nitrogens is 4. The number of likely N-dealkylation sites (N-methyl/N-ethyl adjacent to an activating group) is 1. The minimum Gasteiger partial charge on any atom is -0.354 e. The second-order valence-electron chi connectivity index (χ2n) is 5.34. The third-order valence-corrected chi connectivity index (χ3v) is 3.73. The van der Waals surface area contributed by atoms with Crippen molar-refractivity contribution < 1.29 is 0 Å². The number of piperazine rings is 1. The number of rotatable bonds is 3. The highest BCUT2D eigenvalue weighted by Gasteiger charge is 2.25. The Labute approximate surface area is 118 Å². The number of nitrogens with zero attached hydrogens (tertiary/aromatic N) is 5. The van der Waals surface area contributed by atoms with E-state index < -0.39 is 0 Å². The largest absolute Gasteiger partial charge is 0.354 e. The number of aromatic amines is 1. The zero-order valence-electron chi connectivity index (χ0n) is 12.2. The molecule has 7 nitrogen and oxygen atoms in total. The van der Waals surface area contributed by atoms with Gasteiger partial charge in [-0.15, -0.1) is 0 Å². The van der Waals surface area contributed by atoms with E-state index in [2.05, 4.69) is 49.3 Å². The van der Waals surface area contributed by atoms with Crippen molar-refractivity contribution >= 4 is 22.8 Å². The van der Waals surface area contributed by atoms with Gasteiger partial charge < -0.3 is 15.1 Å². The Morgan fingerprint density at radius 1 is 1.40 bits per heavy atom. The molecule has 3 heterocycles. The van der Waals surface area contributed by atoms with Gasteiger partial charge >= 0.3 is 0 Å². The van der Waals surface area contributed by atoms with E-state index in [4.69, 9.17) is 0 Å². The summed E-state index contributed by atoms with van der Waals surface area (Å²) in [6.07, 6.45) is 1.81. The molecule has 1 aliphatic heterocycles. The van der Waals surface area contributed by atoms with E-state index in [0.717, 1.165) is 43.0 Å². The maximum Gasteiger partial charge on any atom is 0.226 e. The summed E-state index contributed by atoms with van der Waals surface area (Å²) in [4.78, 5) is 13.8. The summed E-state index contributed by atoms with van der Waals surface area (Å²) in [6, 6.07) is 0.427. The first-order valence-corrected chi connectivity index (χ1v) is 7.09. The van der Waals surface area contributed by atoms with E-state index in [-0.39, 0.29) is 0 Å². The molecule has 0 spiro atoms. The Kier molecular flexibility index (Phi) is 3.43. The molecule has 0 aromatic carbocycles. The first-order valence-electron chi connectivity index (χ1n) is 7.09. The average Bonchev–Trinajstić information content (AvgIpc) is 2.86. The van der Waals surface area contributed by atoms with Crippen LogP contribution in [-0.2, 0) is 0 Å². The normalized spacial score (nSPS) is 20.6. The Morgan fingerprint density at radius 3 is 3.00 bits per heavy atom. The van der Waals surface area contributed by atoms with Gasteiger partial charge in [0.2, 0.25) is 5.95 Å². The molecule has 0 amide bonds. The quantitative estimate of drug-likeness (QED) is 0.868. The fraction of sp³-hybridized carbons (Fsp3) is 0.615. The molecule has 0 bridgehead atoms. The lowest BCUT2D eigenvalue weighted by molar-refractivity contribution is 0.275. The van der Waals surface area contributed by atoms with Gasteiger partial charge in [0, 0.05) is 32.2 Å². The number of hydrogen-bond acceptors (Lipinski definition) is 6. The monoisotopic (exact) mass is 275 g/mol. The van der Waals surface area contributed by atoms with E-state index in [1.165, 1.54) is 0 Å². The highest BCUT2D eigenvalue weighted by molar-refractivity contribution is 5.87. The lowest BCUT2D eigenvalue weighted by Crippen LogP contribution is -2.50. The van der Waals surface area contributed by atoms with E-state index >= 15 is 0 Å². The number of H-pyrrole nitrogens is 1. The SMILES string of the molecule is CCNc1nc(N2CCN(C)CC2C)c2cn[nH]c2n1.